The summed E-state index contributed by atoms with van der Waals surface area (Å²) in [5.41, 5.74) is 3.23. The second-order valence-corrected chi connectivity index (χ2v) is 7.56. The molecule has 0 fully saturated rings. The van der Waals surface area contributed by atoms with Gasteiger partial charge < -0.3 is 10.1 Å². The fraction of sp³-hybridized carbons (Fsp3) is 0.0800. The predicted molar refractivity (Wildman–Crippen MR) is 120 cm³/mol. The highest BCUT2D eigenvalue weighted by atomic mass is 35.5. The minimum atomic E-state index is -0.309. The van der Waals surface area contributed by atoms with E-state index in [2.05, 4.69) is 5.32 Å². The topological polar surface area (TPSA) is 72.5 Å². The first-order valence-electron chi connectivity index (χ1n) is 9.61. The van der Waals surface area contributed by atoms with Crippen molar-refractivity contribution in [2.75, 3.05) is 11.9 Å². The van der Waals surface area contributed by atoms with Crippen LogP contribution in [0, 0.1) is 6.92 Å². The maximum atomic E-state index is 12.5. The number of ketones is 2. The molecule has 0 aromatic heterocycles. The van der Waals surface area contributed by atoms with Crippen LogP contribution in [0.2, 0.25) is 5.02 Å². The molecule has 3 aromatic rings. The quantitative estimate of drug-likeness (QED) is 0.449. The number of benzene rings is 3. The third kappa shape index (κ3) is 4.42. The molecule has 0 bridgehead atoms. The van der Waals surface area contributed by atoms with Crippen LogP contribution in [0.15, 0.2) is 72.3 Å². The Hall–Kier alpha value is -3.70. The lowest BCUT2D eigenvalue weighted by atomic mass is 10.1. The lowest BCUT2D eigenvalue weighted by Gasteiger charge is -2.10. The molecule has 154 valence electrons. The molecule has 1 aliphatic carbocycles. The van der Waals surface area contributed by atoms with Gasteiger partial charge in [0.2, 0.25) is 0 Å². The minimum Gasteiger partial charge on any atom is -0.484 e. The zero-order valence-electron chi connectivity index (χ0n) is 16.6. The highest BCUT2D eigenvalue weighted by molar-refractivity contribution is 6.41. The largest absolute Gasteiger partial charge is 0.484 e. The van der Waals surface area contributed by atoms with Crippen LogP contribution in [-0.4, -0.2) is 24.1 Å². The van der Waals surface area contributed by atoms with Crippen molar-refractivity contribution in [2.45, 2.75) is 6.92 Å². The van der Waals surface area contributed by atoms with Crippen LogP contribution in [0.5, 0.6) is 5.75 Å². The van der Waals surface area contributed by atoms with Crippen molar-refractivity contribution in [3.05, 3.63) is 99.6 Å². The molecule has 0 saturated heterocycles. The van der Waals surface area contributed by atoms with E-state index in [9.17, 15) is 14.4 Å². The molecule has 0 spiro atoms. The molecule has 0 aliphatic heterocycles. The van der Waals surface area contributed by atoms with E-state index in [0.717, 1.165) is 5.56 Å². The molecular weight excluding hydrogens is 414 g/mol. The lowest BCUT2D eigenvalue weighted by molar-refractivity contribution is -0.118. The number of amides is 1. The number of Topliss-reactive ketones (excluding diaryl/α,β-unsaturated/α-hetero) is 2. The van der Waals surface area contributed by atoms with Gasteiger partial charge in [0.05, 0.1) is 5.57 Å². The molecule has 0 radical (unpaired) electrons. The van der Waals surface area contributed by atoms with Crippen molar-refractivity contribution in [3.8, 4) is 5.75 Å². The van der Waals surface area contributed by atoms with E-state index < -0.39 is 0 Å². The fourth-order valence-electron chi connectivity index (χ4n) is 3.29. The van der Waals surface area contributed by atoms with Gasteiger partial charge in [-0.1, -0.05) is 54.1 Å². The summed E-state index contributed by atoms with van der Waals surface area (Å²) in [4.78, 5) is 37.1. The zero-order valence-corrected chi connectivity index (χ0v) is 17.4. The van der Waals surface area contributed by atoms with Gasteiger partial charge in [-0.15, -0.1) is 0 Å². The molecule has 31 heavy (non-hydrogen) atoms. The highest BCUT2D eigenvalue weighted by Crippen LogP contribution is 2.28. The monoisotopic (exact) mass is 431 g/mol. The van der Waals surface area contributed by atoms with Crippen LogP contribution in [0.4, 0.5) is 5.69 Å². The summed E-state index contributed by atoms with van der Waals surface area (Å²) in [6.07, 6.45) is 1.57. The van der Waals surface area contributed by atoms with Gasteiger partial charge in [0.1, 0.15) is 5.75 Å². The Kier molecular flexibility index (Phi) is 5.69. The summed E-state index contributed by atoms with van der Waals surface area (Å²) in [6.45, 7) is 1.71. The van der Waals surface area contributed by atoms with Crippen molar-refractivity contribution < 1.29 is 19.1 Å². The van der Waals surface area contributed by atoms with Crippen LogP contribution in [0.3, 0.4) is 0 Å². The molecule has 6 heteroatoms. The Morgan fingerprint density at radius 2 is 1.61 bits per heavy atom. The SMILES string of the molecule is Cc1ccc(Cl)cc1NC(=O)COc1ccc(C=C2C(=O)c3ccccc3C2=O)cc1. The molecule has 1 aliphatic rings. The van der Waals surface area contributed by atoms with E-state index in [4.69, 9.17) is 16.3 Å². The van der Waals surface area contributed by atoms with Gasteiger partial charge in [0.15, 0.2) is 18.2 Å². The van der Waals surface area contributed by atoms with Crippen molar-refractivity contribution in [2.24, 2.45) is 0 Å². The summed E-state index contributed by atoms with van der Waals surface area (Å²) in [7, 11) is 0. The van der Waals surface area contributed by atoms with E-state index in [1.807, 2.05) is 13.0 Å². The first-order valence-corrected chi connectivity index (χ1v) is 9.99. The second kappa shape index (κ2) is 8.58. The molecular formula is C25H18ClNO4. The van der Waals surface area contributed by atoms with E-state index >= 15 is 0 Å². The summed E-state index contributed by atoms with van der Waals surface area (Å²) in [6, 6.07) is 18.9. The Morgan fingerprint density at radius 1 is 0.968 bits per heavy atom. The smallest absolute Gasteiger partial charge is 0.262 e. The summed E-state index contributed by atoms with van der Waals surface area (Å²) in [5, 5.41) is 3.30. The first-order chi connectivity index (χ1) is 14.9. The van der Waals surface area contributed by atoms with Crippen LogP contribution in [0.1, 0.15) is 31.8 Å². The Labute approximate surface area is 184 Å². The number of rotatable bonds is 5. The number of carbonyl (C=O) groups excluding carboxylic acids is 3. The van der Waals surface area contributed by atoms with E-state index in [1.165, 1.54) is 0 Å². The number of carbonyl (C=O) groups is 3. The van der Waals surface area contributed by atoms with Crippen molar-refractivity contribution in [1.82, 2.24) is 0 Å². The Morgan fingerprint density at radius 3 is 2.26 bits per heavy atom. The lowest BCUT2D eigenvalue weighted by Crippen LogP contribution is -2.20. The number of anilines is 1. The van der Waals surface area contributed by atoms with Crippen molar-refractivity contribution in [3.63, 3.8) is 0 Å². The van der Waals surface area contributed by atoms with Crippen molar-refractivity contribution in [1.29, 1.82) is 0 Å². The molecule has 3 aromatic carbocycles. The van der Waals surface area contributed by atoms with Crippen LogP contribution < -0.4 is 10.1 Å². The minimum absolute atomic E-state index is 0.145. The van der Waals surface area contributed by atoms with Gasteiger partial charge >= 0.3 is 0 Å². The molecule has 0 saturated carbocycles. The normalized spacial score (nSPS) is 12.5. The molecule has 1 amide bonds. The average Bonchev–Trinajstić information content (AvgIpc) is 3.01. The van der Waals surface area contributed by atoms with E-state index in [1.54, 1.807) is 66.7 Å². The number of nitrogens with one attached hydrogen (secondary N) is 1. The maximum absolute atomic E-state index is 12.5. The van der Waals surface area contributed by atoms with Gasteiger partial charge in [-0.2, -0.15) is 0 Å². The number of fused-ring (bicyclic) bond motifs is 1. The Balaban J connectivity index is 1.39. The van der Waals surface area contributed by atoms with Crippen LogP contribution in [0.25, 0.3) is 6.08 Å². The second-order valence-electron chi connectivity index (χ2n) is 7.13. The van der Waals surface area contributed by atoms with E-state index in [0.29, 0.717) is 33.1 Å². The number of hydrogen-bond acceptors (Lipinski definition) is 4. The molecule has 1 N–H and O–H groups in total. The number of hydrogen-bond donors (Lipinski definition) is 1. The first kappa shape index (κ1) is 20.6. The number of aryl methyl sites for hydroxylation is 1. The number of ether oxygens (including phenoxy) is 1. The Bertz CT molecular complexity index is 1190. The van der Waals surface area contributed by atoms with Gasteiger partial charge in [0, 0.05) is 21.8 Å². The van der Waals surface area contributed by atoms with Crippen molar-refractivity contribution >= 4 is 40.8 Å². The molecule has 0 heterocycles. The third-order valence-corrected chi connectivity index (χ3v) is 5.18. The standard InChI is InChI=1S/C25H18ClNO4/c1-15-6-9-17(26)13-22(15)27-23(28)14-31-18-10-7-16(8-11-18)12-21-24(29)19-4-2-3-5-20(19)25(21)30/h2-13H,14H2,1H3,(H,27,28). The molecule has 4 rings (SSSR count). The van der Waals surface area contributed by atoms with Gasteiger partial charge in [-0.3, -0.25) is 14.4 Å². The summed E-state index contributed by atoms with van der Waals surface area (Å²) in [5.74, 6) is -0.355. The zero-order chi connectivity index (χ0) is 22.0. The third-order valence-electron chi connectivity index (χ3n) is 4.94. The van der Waals surface area contributed by atoms with Gasteiger partial charge in [-0.25, -0.2) is 0 Å². The number of halogens is 1. The molecule has 0 unspecified atom stereocenters. The fourth-order valence-corrected chi connectivity index (χ4v) is 3.47. The van der Waals surface area contributed by atoms with Crippen LogP contribution >= 0.6 is 11.6 Å². The number of allylic oxidation sites excluding steroid dienone is 1. The predicted octanol–water partition coefficient (Wildman–Crippen LogP) is 5.13. The average molecular weight is 432 g/mol. The van der Waals surface area contributed by atoms with Crippen LogP contribution in [-0.2, 0) is 4.79 Å². The maximum Gasteiger partial charge on any atom is 0.262 e. The molecule has 0 atom stereocenters. The molecule has 5 nitrogen and oxygen atoms in total. The highest BCUT2D eigenvalue weighted by Gasteiger charge is 2.32. The summed E-state index contributed by atoms with van der Waals surface area (Å²) < 4.78 is 5.53. The van der Waals surface area contributed by atoms with E-state index in [-0.39, 0.29) is 29.7 Å². The summed E-state index contributed by atoms with van der Waals surface area (Å²) >= 11 is 5.96. The van der Waals surface area contributed by atoms with Gasteiger partial charge in [-0.05, 0) is 48.4 Å². The van der Waals surface area contributed by atoms with Gasteiger partial charge in [0.25, 0.3) is 5.91 Å².